The molecule has 4 unspecified atom stereocenters. The highest BCUT2D eigenvalue weighted by Gasteiger charge is 2.49. The molecule has 4 atom stereocenters. The van der Waals surface area contributed by atoms with E-state index in [-0.39, 0.29) is 30.3 Å². The summed E-state index contributed by atoms with van der Waals surface area (Å²) in [7, 11) is 1.87. The monoisotopic (exact) mass is 294 g/mol. The highest BCUT2D eigenvalue weighted by Crippen LogP contribution is 2.48. The van der Waals surface area contributed by atoms with Crippen molar-refractivity contribution in [2.75, 3.05) is 11.9 Å². The van der Waals surface area contributed by atoms with Crippen LogP contribution in [-0.4, -0.2) is 19.0 Å². The van der Waals surface area contributed by atoms with Gasteiger partial charge in [0.25, 0.3) is 0 Å². The second-order valence-corrected chi connectivity index (χ2v) is 6.17. The smallest absolute Gasteiger partial charge is 0.231 e. The van der Waals surface area contributed by atoms with Gasteiger partial charge in [-0.25, -0.2) is 0 Å². The summed E-state index contributed by atoms with van der Waals surface area (Å²) in [6.07, 6.45) is 3.54. The lowest BCUT2D eigenvalue weighted by molar-refractivity contribution is -0.124. The van der Waals surface area contributed by atoms with Gasteiger partial charge in [-0.3, -0.25) is 4.79 Å². The van der Waals surface area contributed by atoms with Crippen molar-refractivity contribution in [2.24, 2.45) is 23.5 Å². The van der Waals surface area contributed by atoms with Gasteiger partial charge in [0.1, 0.15) is 0 Å². The molecule has 1 amide bonds. The highest BCUT2D eigenvalue weighted by molar-refractivity contribution is 5.95. The molecule has 1 aromatic carbocycles. The van der Waals surface area contributed by atoms with Gasteiger partial charge < -0.3 is 10.6 Å². The van der Waals surface area contributed by atoms with Crippen molar-refractivity contribution < 1.29 is 4.79 Å². The van der Waals surface area contributed by atoms with Gasteiger partial charge in [-0.15, -0.1) is 12.4 Å². The Hall–Kier alpha value is -1.06. The van der Waals surface area contributed by atoms with Crippen molar-refractivity contribution >= 4 is 24.0 Å². The standard InChI is InChI=1S/C16H22N2O.ClH/c1-10-4-3-5-13(8-10)18(2)16(19)14-11-6-7-12(9-11)15(14)17;/h3-5,8,11-12,14-15H,6-7,9,17H2,1-2H3;1H. The lowest BCUT2D eigenvalue weighted by Crippen LogP contribution is -2.46. The molecule has 2 N–H and O–H groups in total. The van der Waals surface area contributed by atoms with E-state index in [2.05, 4.69) is 6.07 Å². The predicted molar refractivity (Wildman–Crippen MR) is 84.1 cm³/mol. The molecule has 4 heteroatoms. The van der Waals surface area contributed by atoms with Crippen LogP contribution in [0.3, 0.4) is 0 Å². The molecule has 1 aromatic rings. The molecule has 110 valence electrons. The number of carbonyl (C=O) groups excluding carboxylic acids is 1. The number of hydrogen-bond acceptors (Lipinski definition) is 2. The third-order valence-electron chi connectivity index (χ3n) is 4.99. The summed E-state index contributed by atoms with van der Waals surface area (Å²) in [4.78, 5) is 14.5. The van der Waals surface area contributed by atoms with Crippen LogP contribution in [0.2, 0.25) is 0 Å². The average Bonchev–Trinajstić information content (AvgIpc) is 2.98. The molecular weight excluding hydrogens is 272 g/mol. The minimum atomic E-state index is 0. The van der Waals surface area contributed by atoms with Gasteiger partial charge >= 0.3 is 0 Å². The number of aryl methyl sites for hydroxylation is 1. The van der Waals surface area contributed by atoms with E-state index in [0.717, 1.165) is 12.1 Å². The highest BCUT2D eigenvalue weighted by atomic mass is 35.5. The fourth-order valence-electron chi connectivity index (χ4n) is 3.89. The lowest BCUT2D eigenvalue weighted by Gasteiger charge is -2.31. The molecule has 2 saturated carbocycles. The summed E-state index contributed by atoms with van der Waals surface area (Å²) in [5.41, 5.74) is 8.41. The second-order valence-electron chi connectivity index (χ2n) is 6.17. The Labute approximate surface area is 126 Å². The number of anilines is 1. The van der Waals surface area contributed by atoms with Crippen molar-refractivity contribution in [1.29, 1.82) is 0 Å². The quantitative estimate of drug-likeness (QED) is 0.912. The van der Waals surface area contributed by atoms with Gasteiger partial charge in [0.2, 0.25) is 5.91 Å². The molecular formula is C16H23ClN2O. The van der Waals surface area contributed by atoms with Crippen LogP contribution < -0.4 is 10.6 Å². The van der Waals surface area contributed by atoms with E-state index in [1.165, 1.54) is 18.4 Å². The van der Waals surface area contributed by atoms with Crippen molar-refractivity contribution in [1.82, 2.24) is 0 Å². The maximum Gasteiger partial charge on any atom is 0.231 e. The number of benzene rings is 1. The first-order valence-corrected chi connectivity index (χ1v) is 7.17. The van der Waals surface area contributed by atoms with Crippen LogP contribution in [0.25, 0.3) is 0 Å². The van der Waals surface area contributed by atoms with Crippen LogP contribution in [-0.2, 0) is 4.79 Å². The summed E-state index contributed by atoms with van der Waals surface area (Å²) in [6, 6.07) is 8.15. The number of halogens is 1. The molecule has 0 heterocycles. The number of carbonyl (C=O) groups is 1. The van der Waals surface area contributed by atoms with Crippen molar-refractivity contribution in [3.63, 3.8) is 0 Å². The molecule has 2 fully saturated rings. The summed E-state index contributed by atoms with van der Waals surface area (Å²) in [5, 5.41) is 0. The Bertz CT molecular complexity index is 503. The molecule has 0 radical (unpaired) electrons. The number of nitrogens with zero attached hydrogens (tertiary/aromatic N) is 1. The largest absolute Gasteiger partial charge is 0.327 e. The normalized spacial score (nSPS) is 30.9. The third-order valence-corrected chi connectivity index (χ3v) is 4.99. The van der Waals surface area contributed by atoms with Crippen LogP contribution in [0, 0.1) is 24.7 Å². The Morgan fingerprint density at radius 1 is 1.30 bits per heavy atom. The van der Waals surface area contributed by atoms with Crippen LogP contribution in [0.5, 0.6) is 0 Å². The van der Waals surface area contributed by atoms with Gasteiger partial charge in [-0.05, 0) is 55.7 Å². The minimum Gasteiger partial charge on any atom is -0.327 e. The average molecular weight is 295 g/mol. The van der Waals surface area contributed by atoms with Gasteiger partial charge in [0.15, 0.2) is 0 Å². The van der Waals surface area contributed by atoms with Gasteiger partial charge in [0.05, 0.1) is 5.92 Å². The summed E-state index contributed by atoms with van der Waals surface area (Å²) >= 11 is 0. The van der Waals surface area contributed by atoms with E-state index in [1.807, 2.05) is 32.2 Å². The Kier molecular flexibility index (Phi) is 4.40. The molecule has 2 aliphatic carbocycles. The van der Waals surface area contributed by atoms with Crippen LogP contribution in [0.15, 0.2) is 24.3 Å². The number of nitrogens with two attached hydrogens (primary N) is 1. The number of hydrogen-bond donors (Lipinski definition) is 1. The molecule has 3 nitrogen and oxygen atoms in total. The van der Waals surface area contributed by atoms with Crippen LogP contribution in [0.1, 0.15) is 24.8 Å². The molecule has 20 heavy (non-hydrogen) atoms. The zero-order valence-electron chi connectivity index (χ0n) is 12.1. The maximum absolute atomic E-state index is 12.7. The predicted octanol–water partition coefficient (Wildman–Crippen LogP) is 2.75. The number of amides is 1. The molecule has 0 aliphatic heterocycles. The fraction of sp³-hybridized carbons (Fsp3) is 0.562. The molecule has 0 aromatic heterocycles. The second kappa shape index (κ2) is 5.74. The Morgan fingerprint density at radius 2 is 2.00 bits per heavy atom. The van der Waals surface area contributed by atoms with Crippen molar-refractivity contribution in [2.45, 2.75) is 32.2 Å². The van der Waals surface area contributed by atoms with E-state index in [4.69, 9.17) is 5.73 Å². The van der Waals surface area contributed by atoms with Crippen LogP contribution >= 0.6 is 12.4 Å². The molecule has 0 spiro atoms. The van der Waals surface area contributed by atoms with Gasteiger partial charge in [0, 0.05) is 18.8 Å². The molecule has 0 saturated heterocycles. The SMILES string of the molecule is Cc1cccc(N(C)C(=O)C2C3CCC(C3)C2N)c1.Cl. The molecule has 3 rings (SSSR count). The number of rotatable bonds is 2. The lowest BCUT2D eigenvalue weighted by atomic mass is 9.84. The zero-order chi connectivity index (χ0) is 13.6. The molecule has 2 bridgehead atoms. The van der Waals surface area contributed by atoms with Crippen molar-refractivity contribution in [3.05, 3.63) is 29.8 Å². The van der Waals surface area contributed by atoms with E-state index in [0.29, 0.717) is 11.8 Å². The first-order chi connectivity index (χ1) is 9.08. The van der Waals surface area contributed by atoms with Gasteiger partial charge in [-0.2, -0.15) is 0 Å². The van der Waals surface area contributed by atoms with Crippen molar-refractivity contribution in [3.8, 4) is 0 Å². The summed E-state index contributed by atoms with van der Waals surface area (Å²) in [5.74, 6) is 1.32. The zero-order valence-corrected chi connectivity index (χ0v) is 12.9. The minimum absolute atomic E-state index is 0. The fourth-order valence-corrected chi connectivity index (χ4v) is 3.89. The number of fused-ring (bicyclic) bond motifs is 2. The van der Waals surface area contributed by atoms with E-state index in [1.54, 1.807) is 4.90 Å². The first kappa shape index (κ1) is 15.3. The van der Waals surface area contributed by atoms with E-state index >= 15 is 0 Å². The Balaban J connectivity index is 0.00000147. The topological polar surface area (TPSA) is 46.3 Å². The van der Waals surface area contributed by atoms with Gasteiger partial charge in [-0.1, -0.05) is 12.1 Å². The molecule has 2 aliphatic rings. The van der Waals surface area contributed by atoms with Crippen LogP contribution in [0.4, 0.5) is 5.69 Å². The Morgan fingerprint density at radius 3 is 2.60 bits per heavy atom. The van der Waals surface area contributed by atoms with E-state index in [9.17, 15) is 4.79 Å². The first-order valence-electron chi connectivity index (χ1n) is 7.17. The van der Waals surface area contributed by atoms with E-state index < -0.39 is 0 Å². The summed E-state index contributed by atoms with van der Waals surface area (Å²) in [6.45, 7) is 2.05. The third kappa shape index (κ3) is 2.45. The summed E-state index contributed by atoms with van der Waals surface area (Å²) < 4.78 is 0. The maximum atomic E-state index is 12.7.